The van der Waals surface area contributed by atoms with Crippen molar-refractivity contribution in [2.24, 2.45) is 0 Å². The van der Waals surface area contributed by atoms with Crippen molar-refractivity contribution < 1.29 is 5.11 Å². The number of halogens is 1. The molecular weight excluding hydrogens is 246 g/mol. The Bertz CT molecular complexity index is 381. The molecule has 0 radical (unpaired) electrons. The maximum atomic E-state index is 10.5. The first-order valence-corrected chi connectivity index (χ1v) is 7.28. The highest BCUT2D eigenvalue weighted by Gasteiger charge is 2.27. The monoisotopic (exact) mass is 267 g/mol. The molecule has 1 heterocycles. The highest BCUT2D eigenvalue weighted by molar-refractivity contribution is 6.31. The predicted octanol–water partition coefficient (Wildman–Crippen LogP) is 3.68. The van der Waals surface area contributed by atoms with Crippen molar-refractivity contribution in [2.45, 2.75) is 57.2 Å². The average molecular weight is 268 g/mol. The lowest BCUT2D eigenvalue weighted by atomic mass is 9.90. The van der Waals surface area contributed by atoms with Crippen LogP contribution in [0, 0.1) is 0 Å². The number of nitrogens with one attached hydrogen (secondary N) is 1. The summed E-state index contributed by atoms with van der Waals surface area (Å²) in [5.74, 6) is 0. The van der Waals surface area contributed by atoms with Crippen LogP contribution in [0.25, 0.3) is 0 Å². The smallest absolute Gasteiger partial charge is 0.0957 e. The standard InChI is InChI=1S/C15H22ClNO/c1-2-6-11-7-5-10-14(17-11)15(18)12-8-3-4-9-13(12)16/h3-4,8-9,11,14-15,17-18H,2,5-7,10H2,1H3/t11-,14+,15?/m0/s1. The van der Waals surface area contributed by atoms with E-state index in [1.54, 1.807) is 0 Å². The molecule has 0 aromatic heterocycles. The molecule has 0 bridgehead atoms. The Hall–Kier alpha value is -0.570. The Labute approximate surface area is 114 Å². The van der Waals surface area contributed by atoms with E-state index in [0.717, 1.165) is 12.0 Å². The molecule has 3 heteroatoms. The lowest BCUT2D eigenvalue weighted by molar-refractivity contribution is 0.0999. The van der Waals surface area contributed by atoms with Gasteiger partial charge >= 0.3 is 0 Å². The first kappa shape index (κ1) is 13.9. The van der Waals surface area contributed by atoms with Crippen LogP contribution in [0.3, 0.4) is 0 Å². The summed E-state index contributed by atoms with van der Waals surface area (Å²) in [6, 6.07) is 8.26. The fraction of sp³-hybridized carbons (Fsp3) is 0.600. The number of rotatable bonds is 4. The van der Waals surface area contributed by atoms with Gasteiger partial charge in [-0.05, 0) is 25.3 Å². The topological polar surface area (TPSA) is 32.3 Å². The van der Waals surface area contributed by atoms with Crippen LogP contribution < -0.4 is 5.32 Å². The van der Waals surface area contributed by atoms with E-state index in [1.165, 1.54) is 25.7 Å². The van der Waals surface area contributed by atoms with E-state index in [1.807, 2.05) is 24.3 Å². The third-order valence-corrected chi connectivity index (χ3v) is 4.10. The van der Waals surface area contributed by atoms with E-state index in [0.29, 0.717) is 11.1 Å². The van der Waals surface area contributed by atoms with Crippen molar-refractivity contribution in [1.82, 2.24) is 5.32 Å². The van der Waals surface area contributed by atoms with Crippen molar-refractivity contribution >= 4 is 11.6 Å². The summed E-state index contributed by atoms with van der Waals surface area (Å²) in [5.41, 5.74) is 0.841. The Morgan fingerprint density at radius 1 is 1.39 bits per heavy atom. The van der Waals surface area contributed by atoms with E-state index in [9.17, 15) is 5.11 Å². The molecule has 1 aromatic carbocycles. The molecule has 1 fully saturated rings. The minimum atomic E-state index is -0.502. The second kappa shape index (κ2) is 6.55. The molecule has 0 amide bonds. The Kier molecular flexibility index (Phi) is 5.04. The van der Waals surface area contributed by atoms with E-state index in [4.69, 9.17) is 11.6 Å². The highest BCUT2D eigenvalue weighted by Crippen LogP contribution is 2.29. The van der Waals surface area contributed by atoms with Crippen molar-refractivity contribution in [3.63, 3.8) is 0 Å². The number of aliphatic hydroxyl groups excluding tert-OH is 1. The fourth-order valence-corrected chi connectivity index (χ4v) is 3.06. The largest absolute Gasteiger partial charge is 0.387 e. The Balaban J connectivity index is 2.04. The van der Waals surface area contributed by atoms with Gasteiger partial charge in [-0.15, -0.1) is 0 Å². The van der Waals surface area contributed by atoms with Gasteiger partial charge in [0.05, 0.1) is 6.10 Å². The van der Waals surface area contributed by atoms with Crippen molar-refractivity contribution in [1.29, 1.82) is 0 Å². The molecule has 0 saturated carbocycles. The fourth-order valence-electron chi connectivity index (χ4n) is 2.81. The summed E-state index contributed by atoms with van der Waals surface area (Å²) in [4.78, 5) is 0. The number of aliphatic hydroxyl groups is 1. The van der Waals surface area contributed by atoms with Gasteiger partial charge in [0.25, 0.3) is 0 Å². The van der Waals surface area contributed by atoms with Crippen LogP contribution in [0.1, 0.15) is 50.7 Å². The summed E-state index contributed by atoms with van der Waals surface area (Å²) in [5, 5.41) is 14.7. The van der Waals surface area contributed by atoms with Crippen molar-refractivity contribution in [2.75, 3.05) is 0 Å². The lowest BCUT2D eigenvalue weighted by Gasteiger charge is -2.34. The van der Waals surface area contributed by atoms with Gasteiger partial charge in [-0.25, -0.2) is 0 Å². The van der Waals surface area contributed by atoms with Gasteiger partial charge in [-0.1, -0.05) is 49.6 Å². The number of piperidine rings is 1. The van der Waals surface area contributed by atoms with Crippen LogP contribution in [-0.2, 0) is 0 Å². The van der Waals surface area contributed by atoms with Crippen LogP contribution >= 0.6 is 11.6 Å². The van der Waals surface area contributed by atoms with E-state index in [2.05, 4.69) is 12.2 Å². The zero-order valence-electron chi connectivity index (χ0n) is 10.9. The number of hydrogen-bond acceptors (Lipinski definition) is 2. The van der Waals surface area contributed by atoms with Gasteiger partial charge < -0.3 is 10.4 Å². The summed E-state index contributed by atoms with van der Waals surface area (Å²) in [6.45, 7) is 2.20. The van der Waals surface area contributed by atoms with Gasteiger partial charge in [0.15, 0.2) is 0 Å². The van der Waals surface area contributed by atoms with Gasteiger partial charge in [0, 0.05) is 22.7 Å². The van der Waals surface area contributed by atoms with Gasteiger partial charge in [-0.2, -0.15) is 0 Å². The molecule has 2 nitrogen and oxygen atoms in total. The zero-order chi connectivity index (χ0) is 13.0. The quantitative estimate of drug-likeness (QED) is 0.872. The summed E-state index contributed by atoms with van der Waals surface area (Å²) < 4.78 is 0. The number of benzene rings is 1. The first-order chi connectivity index (χ1) is 8.72. The van der Waals surface area contributed by atoms with Gasteiger partial charge in [0.2, 0.25) is 0 Å². The zero-order valence-corrected chi connectivity index (χ0v) is 11.7. The third-order valence-electron chi connectivity index (χ3n) is 3.76. The highest BCUT2D eigenvalue weighted by atomic mass is 35.5. The molecule has 1 aromatic rings. The Morgan fingerprint density at radius 2 is 2.17 bits per heavy atom. The summed E-state index contributed by atoms with van der Waals surface area (Å²) in [7, 11) is 0. The van der Waals surface area contributed by atoms with E-state index < -0.39 is 6.10 Å². The molecule has 3 atom stereocenters. The molecule has 0 spiro atoms. The molecule has 1 aliphatic heterocycles. The van der Waals surface area contributed by atoms with Crippen molar-refractivity contribution in [3.8, 4) is 0 Å². The molecule has 0 aliphatic carbocycles. The second-order valence-corrected chi connectivity index (χ2v) is 5.56. The third kappa shape index (κ3) is 3.25. The minimum absolute atomic E-state index is 0.134. The van der Waals surface area contributed by atoms with E-state index >= 15 is 0 Å². The second-order valence-electron chi connectivity index (χ2n) is 5.16. The van der Waals surface area contributed by atoms with Crippen LogP contribution in [0.2, 0.25) is 5.02 Å². The summed E-state index contributed by atoms with van der Waals surface area (Å²) in [6.07, 6.45) is 5.30. The molecular formula is C15H22ClNO. The van der Waals surface area contributed by atoms with Crippen LogP contribution in [0.15, 0.2) is 24.3 Å². The average Bonchev–Trinajstić information content (AvgIpc) is 2.39. The van der Waals surface area contributed by atoms with Gasteiger partial charge in [0.1, 0.15) is 0 Å². The maximum absolute atomic E-state index is 10.5. The number of hydrogen-bond donors (Lipinski definition) is 2. The molecule has 1 unspecified atom stereocenters. The van der Waals surface area contributed by atoms with E-state index in [-0.39, 0.29) is 6.04 Å². The predicted molar refractivity (Wildman–Crippen MR) is 75.9 cm³/mol. The normalized spacial score (nSPS) is 25.9. The lowest BCUT2D eigenvalue weighted by Crippen LogP contribution is -2.45. The van der Waals surface area contributed by atoms with Crippen LogP contribution in [0.4, 0.5) is 0 Å². The van der Waals surface area contributed by atoms with Crippen LogP contribution in [0.5, 0.6) is 0 Å². The SMILES string of the molecule is CCC[C@H]1CCC[C@H](C(O)c2ccccc2Cl)N1. The minimum Gasteiger partial charge on any atom is -0.387 e. The van der Waals surface area contributed by atoms with Crippen molar-refractivity contribution in [3.05, 3.63) is 34.9 Å². The Morgan fingerprint density at radius 3 is 2.89 bits per heavy atom. The molecule has 2 rings (SSSR count). The van der Waals surface area contributed by atoms with Crippen LogP contribution in [-0.4, -0.2) is 17.2 Å². The molecule has 1 aliphatic rings. The molecule has 1 saturated heterocycles. The van der Waals surface area contributed by atoms with Gasteiger partial charge in [-0.3, -0.25) is 0 Å². The maximum Gasteiger partial charge on any atom is 0.0957 e. The summed E-state index contributed by atoms with van der Waals surface area (Å²) >= 11 is 6.15. The molecule has 2 N–H and O–H groups in total. The first-order valence-electron chi connectivity index (χ1n) is 6.91. The molecule has 100 valence electrons. The molecule has 18 heavy (non-hydrogen) atoms.